The van der Waals surface area contributed by atoms with Gasteiger partial charge in [0.1, 0.15) is 11.4 Å². The molecule has 1 N–H and O–H groups in total. The summed E-state index contributed by atoms with van der Waals surface area (Å²) in [7, 11) is 0. The lowest BCUT2D eigenvalue weighted by molar-refractivity contribution is -0.144. The number of halogens is 3. The Morgan fingerprint density at radius 1 is 1.56 bits per heavy atom. The van der Waals surface area contributed by atoms with Crippen molar-refractivity contribution in [3.05, 3.63) is 24.0 Å². The first-order valence-corrected chi connectivity index (χ1v) is 4.23. The van der Waals surface area contributed by atoms with Crippen LogP contribution in [-0.4, -0.2) is 22.2 Å². The topological polar surface area (TPSA) is 59.4 Å². The summed E-state index contributed by atoms with van der Waals surface area (Å²) in [4.78, 5) is 13.5. The van der Waals surface area contributed by atoms with E-state index in [9.17, 15) is 18.0 Å². The number of carboxylic acids is 1. The number of pyridine rings is 1. The summed E-state index contributed by atoms with van der Waals surface area (Å²) in [6.45, 7) is 1.22. The van der Waals surface area contributed by atoms with E-state index in [1.807, 2.05) is 0 Å². The van der Waals surface area contributed by atoms with E-state index in [0.29, 0.717) is 6.07 Å². The highest BCUT2D eigenvalue weighted by molar-refractivity contribution is 5.72. The fourth-order valence-electron chi connectivity index (χ4n) is 0.894. The Balaban J connectivity index is 2.87. The van der Waals surface area contributed by atoms with Crippen LogP contribution in [0.2, 0.25) is 0 Å². The van der Waals surface area contributed by atoms with Crippen LogP contribution in [0.15, 0.2) is 18.3 Å². The molecule has 0 aliphatic carbocycles. The lowest BCUT2D eigenvalue weighted by atomic mass is 10.3. The summed E-state index contributed by atoms with van der Waals surface area (Å²) in [5.74, 6) is -1.44. The monoisotopic (exact) mass is 235 g/mol. The maximum atomic E-state index is 12.2. The number of aliphatic carboxylic acids is 1. The highest BCUT2D eigenvalue weighted by Gasteiger charge is 2.32. The third kappa shape index (κ3) is 3.11. The summed E-state index contributed by atoms with van der Waals surface area (Å²) in [6, 6.07) is 1.81. The predicted molar refractivity (Wildman–Crippen MR) is 47.0 cm³/mol. The van der Waals surface area contributed by atoms with Gasteiger partial charge in [-0.3, -0.25) is 4.98 Å². The highest BCUT2D eigenvalue weighted by Crippen LogP contribution is 2.29. The Morgan fingerprint density at radius 2 is 2.19 bits per heavy atom. The number of ether oxygens (including phenoxy) is 1. The van der Waals surface area contributed by atoms with Gasteiger partial charge in [0.15, 0.2) is 6.10 Å². The van der Waals surface area contributed by atoms with E-state index < -0.39 is 23.9 Å². The van der Waals surface area contributed by atoms with Crippen LogP contribution < -0.4 is 4.74 Å². The molecule has 0 saturated heterocycles. The fraction of sp³-hybridized carbons (Fsp3) is 0.333. The Hall–Kier alpha value is -1.79. The Morgan fingerprint density at radius 3 is 2.69 bits per heavy atom. The molecule has 0 radical (unpaired) electrons. The average Bonchev–Trinajstić information content (AvgIpc) is 2.16. The van der Waals surface area contributed by atoms with Gasteiger partial charge < -0.3 is 9.84 Å². The van der Waals surface area contributed by atoms with E-state index in [0.717, 1.165) is 12.3 Å². The molecule has 4 nitrogen and oxygen atoms in total. The normalized spacial score (nSPS) is 13.2. The molecule has 0 aromatic carbocycles. The molecule has 0 spiro atoms. The molecule has 0 bridgehead atoms. The van der Waals surface area contributed by atoms with Crippen molar-refractivity contribution < 1.29 is 27.8 Å². The molecule has 1 aromatic heterocycles. The second kappa shape index (κ2) is 4.38. The molecular formula is C9H8F3NO3. The predicted octanol–water partition coefficient (Wildman–Crippen LogP) is 1.95. The van der Waals surface area contributed by atoms with Crippen molar-refractivity contribution in [3.8, 4) is 5.75 Å². The van der Waals surface area contributed by atoms with E-state index >= 15 is 0 Å². The molecule has 0 amide bonds. The van der Waals surface area contributed by atoms with Crippen LogP contribution in [0, 0.1) is 0 Å². The van der Waals surface area contributed by atoms with E-state index in [4.69, 9.17) is 9.84 Å². The summed E-state index contributed by atoms with van der Waals surface area (Å²) in [5, 5.41) is 8.51. The molecule has 7 heteroatoms. The quantitative estimate of drug-likeness (QED) is 0.869. The number of nitrogens with zero attached hydrogens (tertiary/aromatic N) is 1. The molecule has 1 atom stereocenters. The number of carbonyl (C=O) groups is 1. The zero-order valence-electron chi connectivity index (χ0n) is 8.15. The van der Waals surface area contributed by atoms with Crippen LogP contribution in [0.25, 0.3) is 0 Å². The van der Waals surface area contributed by atoms with Crippen molar-refractivity contribution in [1.29, 1.82) is 0 Å². The van der Waals surface area contributed by atoms with Crippen molar-refractivity contribution in [2.75, 3.05) is 0 Å². The molecule has 1 heterocycles. The van der Waals surface area contributed by atoms with Crippen LogP contribution in [0.4, 0.5) is 13.2 Å². The maximum Gasteiger partial charge on any atom is 0.433 e. The zero-order chi connectivity index (χ0) is 12.3. The standard InChI is InChI=1S/C9H8F3NO3/c1-5(8(14)15)16-6-2-3-13-7(4-6)9(10,11)12/h2-5H,1H3,(H,14,15). The first-order valence-electron chi connectivity index (χ1n) is 4.23. The largest absolute Gasteiger partial charge is 0.479 e. The van der Waals surface area contributed by atoms with Crippen LogP contribution in [0.1, 0.15) is 12.6 Å². The van der Waals surface area contributed by atoms with Gasteiger partial charge in [0.05, 0.1) is 0 Å². The number of aromatic nitrogens is 1. The smallest absolute Gasteiger partial charge is 0.433 e. The highest BCUT2D eigenvalue weighted by atomic mass is 19.4. The molecule has 0 saturated carbocycles. The molecule has 0 aliphatic rings. The first-order chi connectivity index (χ1) is 7.30. The third-order valence-corrected chi connectivity index (χ3v) is 1.68. The maximum absolute atomic E-state index is 12.2. The SMILES string of the molecule is CC(Oc1ccnc(C(F)(F)F)c1)C(=O)O. The van der Waals surface area contributed by atoms with Crippen LogP contribution in [-0.2, 0) is 11.0 Å². The van der Waals surface area contributed by atoms with Gasteiger partial charge in [0, 0.05) is 12.3 Å². The van der Waals surface area contributed by atoms with Gasteiger partial charge in [-0.25, -0.2) is 4.79 Å². The van der Waals surface area contributed by atoms with E-state index in [2.05, 4.69) is 4.98 Å². The van der Waals surface area contributed by atoms with E-state index in [-0.39, 0.29) is 5.75 Å². The van der Waals surface area contributed by atoms with Crippen molar-refractivity contribution in [3.63, 3.8) is 0 Å². The number of carboxylic acid groups (broad SMARTS) is 1. The molecular weight excluding hydrogens is 227 g/mol. The molecule has 88 valence electrons. The molecule has 1 rings (SSSR count). The summed E-state index contributed by atoms with van der Waals surface area (Å²) in [6.07, 6.45) is -4.89. The Labute approximate surface area is 88.7 Å². The Kier molecular flexibility index (Phi) is 3.36. The second-order valence-electron chi connectivity index (χ2n) is 2.97. The number of rotatable bonds is 3. The molecule has 1 unspecified atom stereocenters. The first kappa shape index (κ1) is 12.3. The van der Waals surface area contributed by atoms with Crippen LogP contribution in [0.3, 0.4) is 0 Å². The summed E-state index contributed by atoms with van der Waals surface area (Å²) in [5.41, 5.74) is -1.12. The summed E-state index contributed by atoms with van der Waals surface area (Å²) < 4.78 is 41.5. The van der Waals surface area contributed by atoms with Crippen LogP contribution in [0.5, 0.6) is 5.75 Å². The minimum Gasteiger partial charge on any atom is -0.479 e. The lowest BCUT2D eigenvalue weighted by Crippen LogP contribution is -2.23. The van der Waals surface area contributed by atoms with Gasteiger partial charge >= 0.3 is 12.1 Å². The van der Waals surface area contributed by atoms with Gasteiger partial charge in [0.25, 0.3) is 0 Å². The minimum atomic E-state index is -4.58. The lowest BCUT2D eigenvalue weighted by Gasteiger charge is -2.11. The van der Waals surface area contributed by atoms with E-state index in [1.54, 1.807) is 0 Å². The van der Waals surface area contributed by atoms with Crippen molar-refractivity contribution >= 4 is 5.97 Å². The van der Waals surface area contributed by atoms with Gasteiger partial charge in [-0.05, 0) is 13.0 Å². The van der Waals surface area contributed by atoms with Crippen molar-refractivity contribution in [2.45, 2.75) is 19.2 Å². The van der Waals surface area contributed by atoms with Crippen molar-refractivity contribution in [1.82, 2.24) is 4.98 Å². The number of hydrogen-bond donors (Lipinski definition) is 1. The van der Waals surface area contributed by atoms with Gasteiger partial charge in [-0.2, -0.15) is 13.2 Å². The molecule has 0 fully saturated rings. The molecule has 16 heavy (non-hydrogen) atoms. The number of hydrogen-bond acceptors (Lipinski definition) is 3. The minimum absolute atomic E-state index is 0.183. The average molecular weight is 235 g/mol. The molecule has 1 aromatic rings. The van der Waals surface area contributed by atoms with Crippen LogP contribution >= 0.6 is 0 Å². The van der Waals surface area contributed by atoms with E-state index in [1.165, 1.54) is 6.92 Å². The third-order valence-electron chi connectivity index (χ3n) is 1.68. The van der Waals surface area contributed by atoms with Gasteiger partial charge in [-0.15, -0.1) is 0 Å². The zero-order valence-corrected chi connectivity index (χ0v) is 8.15. The Bertz CT molecular complexity index is 392. The van der Waals surface area contributed by atoms with Gasteiger partial charge in [-0.1, -0.05) is 0 Å². The van der Waals surface area contributed by atoms with Crippen molar-refractivity contribution in [2.24, 2.45) is 0 Å². The van der Waals surface area contributed by atoms with Gasteiger partial charge in [0.2, 0.25) is 0 Å². The fourth-order valence-corrected chi connectivity index (χ4v) is 0.894. The molecule has 0 aliphatic heterocycles. The number of alkyl halides is 3. The second-order valence-corrected chi connectivity index (χ2v) is 2.97. The summed E-state index contributed by atoms with van der Waals surface area (Å²) >= 11 is 0.